The molecule has 0 aliphatic carbocycles. The predicted molar refractivity (Wildman–Crippen MR) is 69.5 cm³/mol. The lowest BCUT2D eigenvalue weighted by Gasteiger charge is -2.09. The van der Waals surface area contributed by atoms with Crippen LogP contribution in [0.25, 0.3) is 0 Å². The normalized spacial score (nSPS) is 10.0. The van der Waals surface area contributed by atoms with Crippen LogP contribution in [0.15, 0.2) is 30.6 Å². The second-order valence-electron chi connectivity index (χ2n) is 3.98. The minimum Gasteiger partial charge on any atom is -0.486 e. The Bertz CT molecular complexity index is 567. The number of hydrogen-bond donors (Lipinski definition) is 0. The molecule has 0 aromatic carbocycles. The Kier molecular flexibility index (Phi) is 4.07. The van der Waals surface area contributed by atoms with E-state index in [0.29, 0.717) is 30.1 Å². The number of aldehydes is 1. The van der Waals surface area contributed by atoms with E-state index in [2.05, 4.69) is 9.97 Å². The molecule has 19 heavy (non-hydrogen) atoms. The van der Waals surface area contributed by atoms with Gasteiger partial charge in [-0.3, -0.25) is 9.78 Å². The fourth-order valence-corrected chi connectivity index (χ4v) is 1.51. The SMILES string of the molecule is COc1cc(C=O)c(OCc2ccc(C)nc2)cn1. The minimum atomic E-state index is 0.335. The molecule has 0 aliphatic rings. The van der Waals surface area contributed by atoms with Crippen LogP contribution in [-0.2, 0) is 6.61 Å². The van der Waals surface area contributed by atoms with Gasteiger partial charge in [0.1, 0.15) is 12.4 Å². The fourth-order valence-electron chi connectivity index (χ4n) is 1.51. The van der Waals surface area contributed by atoms with Gasteiger partial charge in [-0.05, 0) is 13.0 Å². The van der Waals surface area contributed by atoms with Crippen LogP contribution in [0, 0.1) is 6.92 Å². The lowest BCUT2D eigenvalue weighted by Crippen LogP contribution is -2.00. The molecule has 2 heterocycles. The van der Waals surface area contributed by atoms with Crippen molar-refractivity contribution in [3.63, 3.8) is 0 Å². The van der Waals surface area contributed by atoms with Gasteiger partial charge in [0.15, 0.2) is 6.29 Å². The van der Waals surface area contributed by atoms with Gasteiger partial charge in [-0.2, -0.15) is 0 Å². The van der Waals surface area contributed by atoms with Crippen molar-refractivity contribution in [1.82, 2.24) is 9.97 Å². The first-order valence-electron chi connectivity index (χ1n) is 5.76. The molecular formula is C14H14N2O3. The van der Waals surface area contributed by atoms with Crippen LogP contribution in [0.4, 0.5) is 0 Å². The summed E-state index contributed by atoms with van der Waals surface area (Å²) in [6.07, 6.45) is 3.93. The van der Waals surface area contributed by atoms with E-state index in [9.17, 15) is 4.79 Å². The Balaban J connectivity index is 2.10. The maximum absolute atomic E-state index is 11.0. The smallest absolute Gasteiger partial charge is 0.213 e. The van der Waals surface area contributed by atoms with Crippen molar-refractivity contribution in [3.05, 3.63) is 47.4 Å². The van der Waals surface area contributed by atoms with Crippen molar-refractivity contribution in [2.24, 2.45) is 0 Å². The van der Waals surface area contributed by atoms with E-state index >= 15 is 0 Å². The van der Waals surface area contributed by atoms with Gasteiger partial charge in [-0.1, -0.05) is 6.07 Å². The van der Waals surface area contributed by atoms with Gasteiger partial charge in [-0.25, -0.2) is 4.98 Å². The molecule has 0 saturated carbocycles. The van der Waals surface area contributed by atoms with Crippen LogP contribution in [-0.4, -0.2) is 23.4 Å². The third-order valence-corrected chi connectivity index (χ3v) is 2.58. The van der Waals surface area contributed by atoms with Gasteiger partial charge in [-0.15, -0.1) is 0 Å². The Hall–Kier alpha value is -2.43. The number of nitrogens with zero attached hydrogens (tertiary/aromatic N) is 2. The summed E-state index contributed by atoms with van der Waals surface area (Å²) >= 11 is 0. The zero-order valence-electron chi connectivity index (χ0n) is 10.8. The van der Waals surface area contributed by atoms with Crippen LogP contribution >= 0.6 is 0 Å². The summed E-state index contributed by atoms with van der Waals surface area (Å²) in [6, 6.07) is 5.38. The zero-order chi connectivity index (χ0) is 13.7. The molecule has 2 aromatic heterocycles. The van der Waals surface area contributed by atoms with E-state index in [-0.39, 0.29) is 0 Å². The van der Waals surface area contributed by atoms with Gasteiger partial charge in [0, 0.05) is 23.5 Å². The minimum absolute atomic E-state index is 0.335. The lowest BCUT2D eigenvalue weighted by atomic mass is 10.2. The number of carbonyl (C=O) groups excluding carboxylic acids is 1. The van der Waals surface area contributed by atoms with Crippen molar-refractivity contribution in [3.8, 4) is 11.6 Å². The molecule has 0 aliphatic heterocycles. The molecule has 0 spiro atoms. The van der Waals surface area contributed by atoms with Gasteiger partial charge < -0.3 is 9.47 Å². The van der Waals surface area contributed by atoms with E-state index in [0.717, 1.165) is 11.3 Å². The van der Waals surface area contributed by atoms with Gasteiger partial charge in [0.2, 0.25) is 5.88 Å². The number of pyridine rings is 2. The average Bonchev–Trinajstić information content (AvgIpc) is 2.46. The van der Waals surface area contributed by atoms with Gasteiger partial charge in [0.05, 0.1) is 18.9 Å². The van der Waals surface area contributed by atoms with Gasteiger partial charge >= 0.3 is 0 Å². The average molecular weight is 258 g/mol. The van der Waals surface area contributed by atoms with Crippen molar-refractivity contribution in [1.29, 1.82) is 0 Å². The second-order valence-corrected chi connectivity index (χ2v) is 3.98. The van der Waals surface area contributed by atoms with Crippen LogP contribution in [0.5, 0.6) is 11.6 Å². The largest absolute Gasteiger partial charge is 0.486 e. The Labute approximate surface area is 111 Å². The Morgan fingerprint density at radius 2 is 2.11 bits per heavy atom. The molecule has 98 valence electrons. The first kappa shape index (κ1) is 13.0. The molecule has 0 amide bonds. The van der Waals surface area contributed by atoms with Crippen LogP contribution in [0.2, 0.25) is 0 Å². The molecule has 5 heteroatoms. The highest BCUT2D eigenvalue weighted by molar-refractivity contribution is 5.79. The third kappa shape index (κ3) is 3.28. The molecule has 2 rings (SSSR count). The molecular weight excluding hydrogens is 244 g/mol. The number of rotatable bonds is 5. The molecule has 0 unspecified atom stereocenters. The molecule has 0 saturated heterocycles. The van der Waals surface area contributed by atoms with Crippen LogP contribution in [0.1, 0.15) is 21.6 Å². The summed E-state index contributed by atoms with van der Waals surface area (Å²) in [5.41, 5.74) is 2.29. The van der Waals surface area contributed by atoms with Crippen molar-refractivity contribution in [2.75, 3.05) is 7.11 Å². The summed E-state index contributed by atoms with van der Waals surface area (Å²) in [5.74, 6) is 0.808. The number of carbonyl (C=O) groups is 1. The highest BCUT2D eigenvalue weighted by Crippen LogP contribution is 2.20. The van der Waals surface area contributed by atoms with E-state index in [1.165, 1.54) is 19.4 Å². The summed E-state index contributed by atoms with van der Waals surface area (Å²) in [6.45, 7) is 2.25. The molecule has 2 aromatic rings. The number of aromatic nitrogens is 2. The summed E-state index contributed by atoms with van der Waals surface area (Å²) < 4.78 is 10.5. The zero-order valence-corrected chi connectivity index (χ0v) is 10.8. The maximum atomic E-state index is 11.0. The molecule has 0 fully saturated rings. The molecule has 5 nitrogen and oxygen atoms in total. The second kappa shape index (κ2) is 5.95. The lowest BCUT2D eigenvalue weighted by molar-refractivity contribution is 0.111. The maximum Gasteiger partial charge on any atom is 0.213 e. The van der Waals surface area contributed by atoms with E-state index < -0.39 is 0 Å². The number of hydrogen-bond acceptors (Lipinski definition) is 5. The van der Waals surface area contributed by atoms with E-state index in [1.54, 1.807) is 6.20 Å². The molecule has 0 N–H and O–H groups in total. The topological polar surface area (TPSA) is 61.3 Å². The Morgan fingerprint density at radius 1 is 1.26 bits per heavy atom. The molecule has 0 atom stereocenters. The van der Waals surface area contributed by atoms with Crippen molar-refractivity contribution < 1.29 is 14.3 Å². The summed E-state index contributed by atoms with van der Waals surface area (Å²) in [5, 5.41) is 0. The van der Waals surface area contributed by atoms with Crippen LogP contribution < -0.4 is 9.47 Å². The fraction of sp³-hybridized carbons (Fsp3) is 0.214. The highest BCUT2D eigenvalue weighted by atomic mass is 16.5. The predicted octanol–water partition coefficient (Wildman–Crippen LogP) is 2.19. The standard InChI is InChI=1S/C14H14N2O3/c1-10-3-4-11(6-15-10)9-19-13-7-16-14(18-2)5-12(13)8-17/h3-8H,9H2,1-2H3. The molecule has 0 radical (unpaired) electrons. The van der Waals surface area contributed by atoms with Crippen molar-refractivity contribution >= 4 is 6.29 Å². The molecule has 0 bridgehead atoms. The first-order chi connectivity index (χ1) is 9.22. The quantitative estimate of drug-likeness (QED) is 0.769. The first-order valence-corrected chi connectivity index (χ1v) is 5.76. The third-order valence-electron chi connectivity index (χ3n) is 2.58. The van der Waals surface area contributed by atoms with Crippen molar-refractivity contribution in [2.45, 2.75) is 13.5 Å². The van der Waals surface area contributed by atoms with E-state index in [4.69, 9.17) is 9.47 Å². The number of ether oxygens (including phenoxy) is 2. The van der Waals surface area contributed by atoms with Gasteiger partial charge in [0.25, 0.3) is 0 Å². The number of aryl methyl sites for hydroxylation is 1. The Morgan fingerprint density at radius 3 is 2.74 bits per heavy atom. The summed E-state index contributed by atoms with van der Waals surface area (Å²) in [7, 11) is 1.50. The number of methoxy groups -OCH3 is 1. The van der Waals surface area contributed by atoms with Crippen LogP contribution in [0.3, 0.4) is 0 Å². The summed E-state index contributed by atoms with van der Waals surface area (Å²) in [4.78, 5) is 19.2. The van der Waals surface area contributed by atoms with E-state index in [1.807, 2.05) is 19.1 Å². The monoisotopic (exact) mass is 258 g/mol. The highest BCUT2D eigenvalue weighted by Gasteiger charge is 2.06.